The summed E-state index contributed by atoms with van der Waals surface area (Å²) in [7, 11) is 0. The van der Waals surface area contributed by atoms with Crippen LogP contribution in [0.5, 0.6) is 0 Å². The Morgan fingerprint density at radius 1 is 1.38 bits per heavy atom. The van der Waals surface area contributed by atoms with Crippen LogP contribution in [-0.4, -0.2) is 9.78 Å². The maximum absolute atomic E-state index is 4.84. The van der Waals surface area contributed by atoms with Gasteiger partial charge in [-0.2, -0.15) is 5.10 Å². The second-order valence-corrected chi connectivity index (χ2v) is 6.09. The molecule has 0 spiro atoms. The largest absolute Gasteiger partial charge is 0.269 e. The smallest absolute Gasteiger partial charge is 0.0692 e. The van der Waals surface area contributed by atoms with Gasteiger partial charge in [0.25, 0.3) is 0 Å². The van der Waals surface area contributed by atoms with Crippen LogP contribution in [0.15, 0.2) is 0 Å². The molecule has 2 heterocycles. The van der Waals surface area contributed by atoms with E-state index in [1.807, 2.05) is 0 Å². The Bertz CT molecular complexity index is 382. The Kier molecular flexibility index (Phi) is 2.85. The van der Waals surface area contributed by atoms with Crippen molar-refractivity contribution in [1.29, 1.82) is 0 Å². The molecular weight excluding hydrogens is 196 g/mol. The third kappa shape index (κ3) is 1.79. The molecule has 0 N–H and O–H groups in total. The molecule has 0 fully saturated rings. The first-order valence-electron chi connectivity index (χ1n) is 6.55. The summed E-state index contributed by atoms with van der Waals surface area (Å²) < 4.78 is 2.25. The normalized spacial score (nSPS) is 17.6. The molecule has 2 rings (SSSR count). The third-order valence-corrected chi connectivity index (χ3v) is 3.70. The molecule has 90 valence electrons. The van der Waals surface area contributed by atoms with Gasteiger partial charge in [-0.25, -0.2) is 0 Å². The van der Waals surface area contributed by atoms with E-state index in [1.54, 1.807) is 0 Å². The topological polar surface area (TPSA) is 17.8 Å². The third-order valence-electron chi connectivity index (χ3n) is 3.70. The first-order chi connectivity index (χ1) is 7.45. The summed E-state index contributed by atoms with van der Waals surface area (Å²) in [6, 6.07) is 0. The summed E-state index contributed by atoms with van der Waals surface area (Å²) in [6.07, 6.45) is 3.67. The molecule has 2 heteroatoms. The fraction of sp³-hybridized carbons (Fsp3) is 0.786. The highest BCUT2D eigenvalue weighted by atomic mass is 15.3. The van der Waals surface area contributed by atoms with E-state index >= 15 is 0 Å². The monoisotopic (exact) mass is 220 g/mol. The molecule has 0 radical (unpaired) electrons. The van der Waals surface area contributed by atoms with Gasteiger partial charge in [-0.1, -0.05) is 34.6 Å². The van der Waals surface area contributed by atoms with Crippen molar-refractivity contribution < 1.29 is 0 Å². The standard InChI is InChI=1S/C14H24N2/c1-6-10(2)13-12(14(3,4)5)11-8-7-9-16(11)15-13/h10H,6-9H2,1-5H3. The number of nitrogens with zero attached hydrogens (tertiary/aromatic N) is 2. The molecular formula is C14H24N2. The maximum Gasteiger partial charge on any atom is 0.0692 e. The van der Waals surface area contributed by atoms with Crippen molar-refractivity contribution in [3.05, 3.63) is 17.0 Å². The van der Waals surface area contributed by atoms with Crippen LogP contribution in [0.2, 0.25) is 0 Å². The number of aryl methyl sites for hydroxylation is 1. The quantitative estimate of drug-likeness (QED) is 0.744. The predicted molar refractivity (Wildman–Crippen MR) is 68.0 cm³/mol. The zero-order valence-electron chi connectivity index (χ0n) is 11.3. The van der Waals surface area contributed by atoms with Crippen molar-refractivity contribution in [2.45, 2.75) is 71.8 Å². The SMILES string of the molecule is CCC(C)c1nn2c(c1C(C)(C)C)CCC2. The molecule has 1 unspecified atom stereocenters. The number of hydrogen-bond acceptors (Lipinski definition) is 1. The van der Waals surface area contributed by atoms with Crippen LogP contribution in [0.1, 0.15) is 70.3 Å². The lowest BCUT2D eigenvalue weighted by molar-refractivity contribution is 0.560. The number of aromatic nitrogens is 2. The number of hydrogen-bond donors (Lipinski definition) is 0. The number of rotatable bonds is 2. The Balaban J connectivity index is 2.54. The van der Waals surface area contributed by atoms with E-state index in [-0.39, 0.29) is 5.41 Å². The Morgan fingerprint density at radius 3 is 2.62 bits per heavy atom. The molecule has 2 nitrogen and oxygen atoms in total. The average molecular weight is 220 g/mol. The lowest BCUT2D eigenvalue weighted by Gasteiger charge is -2.22. The van der Waals surface area contributed by atoms with Crippen LogP contribution in [-0.2, 0) is 18.4 Å². The lowest BCUT2D eigenvalue weighted by atomic mass is 9.81. The van der Waals surface area contributed by atoms with Crippen LogP contribution >= 0.6 is 0 Å². The Morgan fingerprint density at radius 2 is 2.06 bits per heavy atom. The van der Waals surface area contributed by atoms with Gasteiger partial charge in [0.15, 0.2) is 0 Å². The molecule has 0 bridgehead atoms. The van der Waals surface area contributed by atoms with Crippen LogP contribution in [0.25, 0.3) is 0 Å². The van der Waals surface area contributed by atoms with E-state index in [9.17, 15) is 0 Å². The summed E-state index contributed by atoms with van der Waals surface area (Å²) in [5, 5.41) is 4.84. The average Bonchev–Trinajstić information content (AvgIpc) is 2.72. The molecule has 1 aromatic heterocycles. The van der Waals surface area contributed by atoms with Crippen molar-refractivity contribution in [3.8, 4) is 0 Å². The van der Waals surface area contributed by atoms with E-state index in [2.05, 4.69) is 39.3 Å². The minimum atomic E-state index is 0.233. The molecule has 1 aliphatic rings. The van der Waals surface area contributed by atoms with Crippen molar-refractivity contribution in [2.75, 3.05) is 0 Å². The van der Waals surface area contributed by atoms with Crippen LogP contribution in [0.3, 0.4) is 0 Å². The predicted octanol–water partition coefficient (Wildman–Crippen LogP) is 3.64. The molecule has 0 aromatic carbocycles. The van der Waals surface area contributed by atoms with E-state index in [4.69, 9.17) is 5.10 Å². The Labute approximate surface area is 99.0 Å². The van der Waals surface area contributed by atoms with E-state index in [1.165, 1.54) is 36.2 Å². The fourth-order valence-electron chi connectivity index (χ4n) is 2.71. The van der Waals surface area contributed by atoms with E-state index in [0.717, 1.165) is 6.54 Å². The van der Waals surface area contributed by atoms with E-state index in [0.29, 0.717) is 5.92 Å². The van der Waals surface area contributed by atoms with E-state index < -0.39 is 0 Å². The first kappa shape index (κ1) is 11.7. The highest BCUT2D eigenvalue weighted by molar-refractivity contribution is 5.36. The van der Waals surface area contributed by atoms with Crippen LogP contribution in [0, 0.1) is 0 Å². The molecule has 1 aliphatic heterocycles. The summed E-state index contributed by atoms with van der Waals surface area (Å²) >= 11 is 0. The van der Waals surface area contributed by atoms with Crippen molar-refractivity contribution in [2.24, 2.45) is 0 Å². The van der Waals surface area contributed by atoms with Gasteiger partial charge in [-0.05, 0) is 24.7 Å². The highest BCUT2D eigenvalue weighted by Gasteiger charge is 2.30. The van der Waals surface area contributed by atoms with Gasteiger partial charge < -0.3 is 0 Å². The minimum Gasteiger partial charge on any atom is -0.269 e. The zero-order chi connectivity index (χ0) is 11.9. The second-order valence-electron chi connectivity index (χ2n) is 6.09. The molecule has 0 saturated heterocycles. The molecule has 1 atom stereocenters. The Hall–Kier alpha value is -0.790. The van der Waals surface area contributed by atoms with Gasteiger partial charge in [0, 0.05) is 23.7 Å². The zero-order valence-corrected chi connectivity index (χ0v) is 11.3. The van der Waals surface area contributed by atoms with Gasteiger partial charge in [-0.15, -0.1) is 0 Å². The molecule has 16 heavy (non-hydrogen) atoms. The summed E-state index contributed by atoms with van der Waals surface area (Å²) in [6.45, 7) is 12.6. The second kappa shape index (κ2) is 3.90. The van der Waals surface area contributed by atoms with Gasteiger partial charge in [0.2, 0.25) is 0 Å². The lowest BCUT2D eigenvalue weighted by Crippen LogP contribution is -2.16. The van der Waals surface area contributed by atoms with Crippen LogP contribution < -0.4 is 0 Å². The fourth-order valence-corrected chi connectivity index (χ4v) is 2.71. The minimum absolute atomic E-state index is 0.233. The molecule has 0 saturated carbocycles. The van der Waals surface area contributed by atoms with Gasteiger partial charge in [0.1, 0.15) is 0 Å². The van der Waals surface area contributed by atoms with Crippen LogP contribution in [0.4, 0.5) is 0 Å². The van der Waals surface area contributed by atoms with Crippen molar-refractivity contribution in [1.82, 2.24) is 9.78 Å². The van der Waals surface area contributed by atoms with Gasteiger partial charge in [0.05, 0.1) is 5.69 Å². The van der Waals surface area contributed by atoms with Crippen molar-refractivity contribution >= 4 is 0 Å². The summed E-state index contributed by atoms with van der Waals surface area (Å²) in [5.41, 5.74) is 4.61. The highest BCUT2D eigenvalue weighted by Crippen LogP contribution is 2.36. The number of fused-ring (bicyclic) bond motifs is 1. The summed E-state index contributed by atoms with van der Waals surface area (Å²) in [4.78, 5) is 0. The van der Waals surface area contributed by atoms with Crippen molar-refractivity contribution in [3.63, 3.8) is 0 Å². The van der Waals surface area contributed by atoms with Gasteiger partial charge >= 0.3 is 0 Å². The van der Waals surface area contributed by atoms with Gasteiger partial charge in [-0.3, -0.25) is 4.68 Å². The maximum atomic E-state index is 4.84. The molecule has 1 aromatic rings. The molecule has 0 amide bonds. The first-order valence-corrected chi connectivity index (χ1v) is 6.55. The summed E-state index contributed by atoms with van der Waals surface area (Å²) in [5.74, 6) is 0.590. The molecule has 0 aliphatic carbocycles.